The fourth-order valence-corrected chi connectivity index (χ4v) is 1.85. The average molecular weight is 214 g/mol. The summed E-state index contributed by atoms with van der Waals surface area (Å²) in [5.74, 6) is -0.132. The van der Waals surface area contributed by atoms with Crippen LogP contribution in [0, 0.1) is 0 Å². The third-order valence-electron chi connectivity index (χ3n) is 2.53. The van der Waals surface area contributed by atoms with Crippen molar-refractivity contribution >= 4 is 5.97 Å². The predicted octanol–water partition coefficient (Wildman–Crippen LogP) is 1.10. The molecule has 0 bridgehead atoms. The van der Waals surface area contributed by atoms with E-state index < -0.39 is 5.60 Å². The fraction of sp³-hybridized carbons (Fsp3) is 0.909. The van der Waals surface area contributed by atoms with Crippen molar-refractivity contribution in [2.75, 3.05) is 13.2 Å². The van der Waals surface area contributed by atoms with Crippen molar-refractivity contribution < 1.29 is 9.53 Å². The van der Waals surface area contributed by atoms with Crippen LogP contribution in [0.25, 0.3) is 0 Å². The molecular formula is C11H22N2O2. The molecular weight excluding hydrogens is 192 g/mol. The summed E-state index contributed by atoms with van der Waals surface area (Å²) in [6.45, 7) is 7.01. The Kier molecular flexibility index (Phi) is 4.11. The van der Waals surface area contributed by atoms with Gasteiger partial charge in [-0.3, -0.25) is 9.69 Å². The maximum absolute atomic E-state index is 11.9. The van der Waals surface area contributed by atoms with Crippen LogP contribution in [-0.2, 0) is 9.53 Å². The normalized spacial score (nSPS) is 23.9. The number of carbonyl (C=O) groups excluding carboxylic acids is 1. The zero-order valence-corrected chi connectivity index (χ0v) is 9.95. The largest absolute Gasteiger partial charge is 0.459 e. The summed E-state index contributed by atoms with van der Waals surface area (Å²) in [4.78, 5) is 13.9. The van der Waals surface area contributed by atoms with E-state index in [1.165, 1.54) is 0 Å². The molecule has 0 aromatic rings. The first kappa shape index (κ1) is 12.5. The second-order valence-electron chi connectivity index (χ2n) is 5.04. The van der Waals surface area contributed by atoms with Crippen LogP contribution < -0.4 is 5.73 Å². The number of likely N-dealkylation sites (tertiary alicyclic amines) is 1. The van der Waals surface area contributed by atoms with E-state index in [2.05, 4.69) is 0 Å². The van der Waals surface area contributed by atoms with Gasteiger partial charge in [0, 0.05) is 13.2 Å². The molecule has 1 atom stereocenters. The van der Waals surface area contributed by atoms with Gasteiger partial charge in [0.15, 0.2) is 0 Å². The zero-order chi connectivity index (χ0) is 11.5. The highest BCUT2D eigenvalue weighted by Gasteiger charge is 2.31. The van der Waals surface area contributed by atoms with Crippen molar-refractivity contribution in [1.29, 1.82) is 0 Å². The van der Waals surface area contributed by atoms with Gasteiger partial charge >= 0.3 is 5.97 Å². The smallest absolute Gasteiger partial charge is 0.323 e. The predicted molar refractivity (Wildman–Crippen MR) is 59.2 cm³/mol. The van der Waals surface area contributed by atoms with E-state index in [1.54, 1.807) is 0 Å². The Morgan fingerprint density at radius 2 is 2.13 bits per heavy atom. The van der Waals surface area contributed by atoms with E-state index in [0.29, 0.717) is 6.67 Å². The van der Waals surface area contributed by atoms with Crippen molar-refractivity contribution in [1.82, 2.24) is 4.90 Å². The van der Waals surface area contributed by atoms with Gasteiger partial charge in [0.1, 0.15) is 11.6 Å². The quantitative estimate of drug-likeness (QED) is 0.699. The van der Waals surface area contributed by atoms with Crippen LogP contribution in [0.4, 0.5) is 0 Å². The molecule has 0 aromatic heterocycles. The third-order valence-corrected chi connectivity index (χ3v) is 2.53. The molecule has 0 saturated carbocycles. The highest BCUT2D eigenvalue weighted by Crippen LogP contribution is 2.19. The van der Waals surface area contributed by atoms with Gasteiger partial charge in [0.2, 0.25) is 0 Å². The average Bonchev–Trinajstić information content (AvgIpc) is 2.15. The second kappa shape index (κ2) is 4.94. The molecule has 4 heteroatoms. The van der Waals surface area contributed by atoms with E-state index in [4.69, 9.17) is 10.5 Å². The molecule has 4 nitrogen and oxygen atoms in total. The molecule has 0 radical (unpaired) electrons. The monoisotopic (exact) mass is 214 g/mol. The van der Waals surface area contributed by atoms with Crippen LogP contribution in [0.1, 0.15) is 40.0 Å². The van der Waals surface area contributed by atoms with Gasteiger partial charge in [0.25, 0.3) is 0 Å². The molecule has 15 heavy (non-hydrogen) atoms. The first-order valence-corrected chi connectivity index (χ1v) is 5.61. The highest BCUT2D eigenvalue weighted by atomic mass is 16.6. The van der Waals surface area contributed by atoms with E-state index in [1.807, 2.05) is 25.7 Å². The molecule has 1 rings (SSSR count). The van der Waals surface area contributed by atoms with E-state index in [9.17, 15) is 4.79 Å². The second-order valence-corrected chi connectivity index (χ2v) is 5.04. The van der Waals surface area contributed by atoms with Crippen molar-refractivity contribution in [2.45, 2.75) is 51.7 Å². The van der Waals surface area contributed by atoms with Crippen LogP contribution in [0.2, 0.25) is 0 Å². The van der Waals surface area contributed by atoms with E-state index >= 15 is 0 Å². The summed E-state index contributed by atoms with van der Waals surface area (Å²) >= 11 is 0. The Morgan fingerprint density at radius 3 is 2.67 bits per heavy atom. The number of esters is 1. The number of carbonyl (C=O) groups is 1. The highest BCUT2D eigenvalue weighted by molar-refractivity contribution is 5.76. The number of nitrogens with zero attached hydrogens (tertiary/aromatic N) is 1. The molecule has 0 unspecified atom stereocenters. The zero-order valence-electron chi connectivity index (χ0n) is 9.95. The Bertz CT molecular complexity index is 223. The Balaban J connectivity index is 2.56. The lowest BCUT2D eigenvalue weighted by atomic mass is 10.0. The maximum Gasteiger partial charge on any atom is 0.323 e. The molecule has 88 valence electrons. The molecule has 0 aromatic carbocycles. The Labute approximate surface area is 91.8 Å². The lowest BCUT2D eigenvalue weighted by Gasteiger charge is -2.34. The molecule has 1 heterocycles. The molecule has 2 N–H and O–H groups in total. The van der Waals surface area contributed by atoms with Crippen LogP contribution in [-0.4, -0.2) is 35.7 Å². The number of hydrogen-bond donors (Lipinski definition) is 1. The number of nitrogens with two attached hydrogens (primary N) is 1. The van der Waals surface area contributed by atoms with Crippen LogP contribution in [0.15, 0.2) is 0 Å². The summed E-state index contributed by atoms with van der Waals surface area (Å²) in [5.41, 5.74) is 5.21. The van der Waals surface area contributed by atoms with Crippen molar-refractivity contribution in [3.05, 3.63) is 0 Å². The molecule has 0 amide bonds. The summed E-state index contributed by atoms with van der Waals surface area (Å²) < 4.78 is 5.37. The number of hydrogen-bond acceptors (Lipinski definition) is 4. The summed E-state index contributed by atoms with van der Waals surface area (Å²) in [5, 5.41) is 0. The van der Waals surface area contributed by atoms with E-state index in [-0.39, 0.29) is 12.0 Å². The van der Waals surface area contributed by atoms with Gasteiger partial charge in [-0.2, -0.15) is 0 Å². The Morgan fingerprint density at radius 1 is 1.47 bits per heavy atom. The van der Waals surface area contributed by atoms with Gasteiger partial charge in [-0.25, -0.2) is 0 Å². The molecule has 1 saturated heterocycles. The van der Waals surface area contributed by atoms with E-state index in [0.717, 1.165) is 25.8 Å². The van der Waals surface area contributed by atoms with Gasteiger partial charge in [-0.05, 0) is 33.6 Å². The third kappa shape index (κ3) is 3.80. The molecule has 1 fully saturated rings. The minimum Gasteiger partial charge on any atom is -0.459 e. The number of ether oxygens (including phenoxy) is 1. The summed E-state index contributed by atoms with van der Waals surface area (Å²) in [6, 6.07) is -0.136. The number of rotatable bonds is 2. The first-order valence-electron chi connectivity index (χ1n) is 5.61. The summed E-state index contributed by atoms with van der Waals surface area (Å²) in [6.07, 6.45) is 3.07. The fourth-order valence-electron chi connectivity index (χ4n) is 1.85. The topological polar surface area (TPSA) is 55.6 Å². The van der Waals surface area contributed by atoms with Gasteiger partial charge in [0.05, 0.1) is 0 Å². The van der Waals surface area contributed by atoms with Crippen molar-refractivity contribution in [2.24, 2.45) is 5.73 Å². The van der Waals surface area contributed by atoms with Crippen molar-refractivity contribution in [3.8, 4) is 0 Å². The number of piperidine rings is 1. The summed E-state index contributed by atoms with van der Waals surface area (Å²) in [7, 11) is 0. The van der Waals surface area contributed by atoms with Crippen LogP contribution in [0.5, 0.6) is 0 Å². The lowest BCUT2D eigenvalue weighted by molar-refractivity contribution is -0.162. The molecule has 0 spiro atoms. The van der Waals surface area contributed by atoms with Gasteiger partial charge in [-0.15, -0.1) is 0 Å². The van der Waals surface area contributed by atoms with Crippen molar-refractivity contribution in [3.63, 3.8) is 0 Å². The molecule has 0 aliphatic carbocycles. The first-order chi connectivity index (χ1) is 6.94. The maximum atomic E-state index is 11.9. The van der Waals surface area contributed by atoms with Crippen LogP contribution >= 0.6 is 0 Å². The Hall–Kier alpha value is -0.610. The minimum absolute atomic E-state index is 0.132. The standard InChI is InChI=1S/C11H22N2O2/c1-11(2,3)15-10(14)9-6-4-5-7-13(9)8-12/h9H,4-8,12H2,1-3H3/t9-/m1/s1. The van der Waals surface area contributed by atoms with Gasteiger partial charge in [-0.1, -0.05) is 6.42 Å². The van der Waals surface area contributed by atoms with Gasteiger partial charge < -0.3 is 10.5 Å². The molecule has 1 aliphatic rings. The van der Waals surface area contributed by atoms with Crippen LogP contribution in [0.3, 0.4) is 0 Å². The molecule has 1 aliphatic heterocycles. The SMILES string of the molecule is CC(C)(C)OC(=O)[C@H]1CCCCN1CN. The lowest BCUT2D eigenvalue weighted by Crippen LogP contribution is -2.49. The minimum atomic E-state index is -0.408.